The number of nitrogens with zero attached hydrogens (tertiary/aromatic N) is 2. The summed E-state index contributed by atoms with van der Waals surface area (Å²) in [6.45, 7) is 10.4. The molecule has 3 aromatic rings. The Morgan fingerprint density at radius 2 is 1.73 bits per heavy atom. The molecule has 1 aliphatic heterocycles. The Labute approximate surface area is 194 Å². The molecule has 0 amide bonds. The normalized spacial score (nSPS) is 14.5. The van der Waals surface area contributed by atoms with Crippen LogP contribution in [0.3, 0.4) is 0 Å². The molecule has 0 saturated carbocycles. The second kappa shape index (κ2) is 8.47. The summed E-state index contributed by atoms with van der Waals surface area (Å²) in [5.41, 5.74) is 2.17. The Morgan fingerprint density at radius 1 is 1.03 bits per heavy atom. The Balaban J connectivity index is 1.82. The first kappa shape index (κ1) is 23.3. The maximum absolute atomic E-state index is 14.0. The fourth-order valence-corrected chi connectivity index (χ4v) is 4.66. The lowest BCUT2D eigenvalue weighted by Crippen LogP contribution is -2.29. The molecule has 4 nitrogen and oxygen atoms in total. The molecule has 0 radical (unpaired) electrons. The summed E-state index contributed by atoms with van der Waals surface area (Å²) in [7, 11) is 0. The molecule has 0 fully saturated rings. The summed E-state index contributed by atoms with van der Waals surface area (Å²) >= 11 is 0. The number of hydrogen-bond acceptors (Lipinski definition) is 3. The Kier molecular flexibility index (Phi) is 5.97. The molecule has 176 valence electrons. The number of aromatic nitrogens is 2. The fourth-order valence-electron chi connectivity index (χ4n) is 4.66. The molecule has 0 aliphatic carbocycles. The molecule has 1 aliphatic rings. The minimum absolute atomic E-state index is 0.0690. The largest absolute Gasteiger partial charge is 0.507 e. The summed E-state index contributed by atoms with van der Waals surface area (Å²) in [5, 5.41) is 15.6. The van der Waals surface area contributed by atoms with Gasteiger partial charge in [0.1, 0.15) is 28.7 Å². The first-order valence-corrected chi connectivity index (χ1v) is 11.7. The van der Waals surface area contributed by atoms with Crippen molar-refractivity contribution in [2.45, 2.75) is 77.7 Å². The number of ether oxygens (including phenoxy) is 1. The Hall–Kier alpha value is -2.89. The SMILES string of the molecule is CCCCCCC(C)(C)c1cc(O)c2c(c1)OC(C)(C)c1cnn(-c3cc(F)cc(F)c3)c1-2. The van der Waals surface area contributed by atoms with Gasteiger partial charge in [-0.1, -0.05) is 46.5 Å². The van der Waals surface area contributed by atoms with Crippen LogP contribution >= 0.6 is 0 Å². The third-order valence-electron chi connectivity index (χ3n) is 6.63. The van der Waals surface area contributed by atoms with Gasteiger partial charge in [0.05, 0.1) is 23.1 Å². The summed E-state index contributed by atoms with van der Waals surface area (Å²) in [5.74, 6) is -0.766. The van der Waals surface area contributed by atoms with Crippen molar-refractivity contribution in [2.75, 3.05) is 0 Å². The van der Waals surface area contributed by atoms with Crippen LogP contribution in [-0.4, -0.2) is 14.9 Å². The van der Waals surface area contributed by atoms with Crippen LogP contribution in [0.4, 0.5) is 8.78 Å². The minimum Gasteiger partial charge on any atom is -0.507 e. The average Bonchev–Trinajstić information content (AvgIpc) is 3.16. The predicted octanol–water partition coefficient (Wildman–Crippen LogP) is 7.40. The van der Waals surface area contributed by atoms with Gasteiger partial charge in [0, 0.05) is 11.6 Å². The standard InChI is InChI=1S/C27H32F2N2O2/c1-6-7-8-9-10-26(2,3)17-11-22(32)24-23(12-17)33-27(4,5)21-16-30-31(25(21)24)20-14-18(28)13-19(29)15-20/h11-16,32H,6-10H2,1-5H3. The number of aromatic hydroxyl groups is 1. The van der Waals surface area contributed by atoms with Crippen LogP contribution in [0, 0.1) is 11.6 Å². The minimum atomic E-state index is -0.733. The van der Waals surface area contributed by atoms with Crippen molar-refractivity contribution in [2.24, 2.45) is 0 Å². The number of fused-ring (bicyclic) bond motifs is 3. The molecule has 2 aromatic carbocycles. The summed E-state index contributed by atoms with van der Waals surface area (Å²) in [6.07, 6.45) is 7.34. The van der Waals surface area contributed by atoms with Crippen molar-refractivity contribution in [3.05, 3.63) is 59.3 Å². The van der Waals surface area contributed by atoms with E-state index in [-0.39, 0.29) is 16.9 Å². The molecule has 0 saturated heterocycles. The topological polar surface area (TPSA) is 47.3 Å². The zero-order chi connectivity index (χ0) is 24.0. The van der Waals surface area contributed by atoms with Gasteiger partial charge < -0.3 is 9.84 Å². The lowest BCUT2D eigenvalue weighted by atomic mass is 9.78. The van der Waals surface area contributed by atoms with Gasteiger partial charge in [0.25, 0.3) is 0 Å². The van der Waals surface area contributed by atoms with E-state index in [1.807, 2.05) is 19.9 Å². The van der Waals surface area contributed by atoms with E-state index in [1.54, 1.807) is 12.3 Å². The molecular weight excluding hydrogens is 422 g/mol. The number of benzene rings is 2. The van der Waals surface area contributed by atoms with E-state index in [2.05, 4.69) is 25.9 Å². The van der Waals surface area contributed by atoms with Crippen molar-refractivity contribution in [1.29, 1.82) is 0 Å². The van der Waals surface area contributed by atoms with Crippen LogP contribution in [0.2, 0.25) is 0 Å². The second-order valence-electron chi connectivity index (χ2n) is 10.1. The molecule has 0 atom stereocenters. The van der Waals surface area contributed by atoms with Gasteiger partial charge in [-0.25, -0.2) is 13.5 Å². The third-order valence-corrected chi connectivity index (χ3v) is 6.63. The van der Waals surface area contributed by atoms with Crippen LogP contribution < -0.4 is 4.74 Å². The zero-order valence-electron chi connectivity index (χ0n) is 20.0. The number of phenolic OH excluding ortho intramolecular Hbond substituents is 1. The van der Waals surface area contributed by atoms with E-state index in [9.17, 15) is 13.9 Å². The number of halogens is 2. The van der Waals surface area contributed by atoms with Crippen LogP contribution in [0.1, 0.15) is 77.8 Å². The van der Waals surface area contributed by atoms with E-state index in [1.165, 1.54) is 36.1 Å². The highest BCUT2D eigenvalue weighted by atomic mass is 19.1. The molecule has 2 heterocycles. The number of rotatable bonds is 7. The summed E-state index contributed by atoms with van der Waals surface area (Å²) in [6, 6.07) is 7.05. The van der Waals surface area contributed by atoms with Crippen molar-refractivity contribution in [3.8, 4) is 28.4 Å². The highest BCUT2D eigenvalue weighted by molar-refractivity contribution is 5.81. The van der Waals surface area contributed by atoms with Gasteiger partial charge in [-0.15, -0.1) is 0 Å². The quantitative estimate of drug-likeness (QED) is 0.378. The van der Waals surface area contributed by atoms with Gasteiger partial charge in [0.2, 0.25) is 0 Å². The van der Waals surface area contributed by atoms with Gasteiger partial charge >= 0.3 is 0 Å². The molecule has 0 spiro atoms. The average molecular weight is 455 g/mol. The summed E-state index contributed by atoms with van der Waals surface area (Å²) in [4.78, 5) is 0. The van der Waals surface area contributed by atoms with Crippen LogP contribution in [0.15, 0.2) is 36.5 Å². The number of hydrogen-bond donors (Lipinski definition) is 1. The lowest BCUT2D eigenvalue weighted by Gasteiger charge is -2.35. The monoisotopic (exact) mass is 454 g/mol. The Morgan fingerprint density at radius 3 is 2.39 bits per heavy atom. The van der Waals surface area contributed by atoms with Gasteiger partial charge in [-0.3, -0.25) is 0 Å². The molecule has 0 unspecified atom stereocenters. The highest BCUT2D eigenvalue weighted by Crippen LogP contribution is 2.51. The first-order valence-electron chi connectivity index (χ1n) is 11.7. The van der Waals surface area contributed by atoms with E-state index in [0.29, 0.717) is 17.0 Å². The maximum atomic E-state index is 14.0. The predicted molar refractivity (Wildman–Crippen MR) is 126 cm³/mol. The van der Waals surface area contributed by atoms with Gasteiger partial charge in [0.15, 0.2) is 0 Å². The molecule has 6 heteroatoms. The highest BCUT2D eigenvalue weighted by Gasteiger charge is 2.39. The van der Waals surface area contributed by atoms with Crippen LogP contribution in [0.25, 0.3) is 16.9 Å². The van der Waals surface area contributed by atoms with Crippen molar-refractivity contribution < 1.29 is 18.6 Å². The molecule has 1 N–H and O–H groups in total. The third kappa shape index (κ3) is 4.35. The zero-order valence-corrected chi connectivity index (χ0v) is 20.0. The Bertz CT molecular complexity index is 1160. The second-order valence-corrected chi connectivity index (χ2v) is 10.1. The molecule has 1 aromatic heterocycles. The molecular formula is C27H32F2N2O2. The fraction of sp³-hybridized carbons (Fsp3) is 0.444. The van der Waals surface area contributed by atoms with E-state index >= 15 is 0 Å². The smallest absolute Gasteiger partial charge is 0.134 e. The molecule has 33 heavy (non-hydrogen) atoms. The first-order chi connectivity index (χ1) is 15.5. The van der Waals surface area contributed by atoms with Crippen LogP contribution in [0.5, 0.6) is 11.5 Å². The van der Waals surface area contributed by atoms with Crippen LogP contribution in [-0.2, 0) is 11.0 Å². The summed E-state index contributed by atoms with van der Waals surface area (Å²) < 4.78 is 35.7. The lowest BCUT2D eigenvalue weighted by molar-refractivity contribution is 0.105. The van der Waals surface area contributed by atoms with Gasteiger partial charge in [-0.2, -0.15) is 5.10 Å². The van der Waals surface area contributed by atoms with E-state index in [4.69, 9.17) is 4.74 Å². The van der Waals surface area contributed by atoms with Crippen molar-refractivity contribution >= 4 is 0 Å². The van der Waals surface area contributed by atoms with E-state index in [0.717, 1.165) is 30.0 Å². The molecule has 0 bridgehead atoms. The maximum Gasteiger partial charge on any atom is 0.134 e. The van der Waals surface area contributed by atoms with Gasteiger partial charge in [-0.05, 0) is 55.5 Å². The van der Waals surface area contributed by atoms with Crippen molar-refractivity contribution in [1.82, 2.24) is 9.78 Å². The van der Waals surface area contributed by atoms with Crippen molar-refractivity contribution in [3.63, 3.8) is 0 Å². The molecule has 4 rings (SSSR count). The van der Waals surface area contributed by atoms with E-state index < -0.39 is 17.2 Å². The number of phenols is 1. The number of unbranched alkanes of at least 4 members (excludes halogenated alkanes) is 3.